The summed E-state index contributed by atoms with van der Waals surface area (Å²) in [5, 5.41) is 0. The zero-order valence-corrected chi connectivity index (χ0v) is 9.96. The molecule has 0 spiro atoms. The van der Waals surface area contributed by atoms with Crippen LogP contribution in [0.2, 0.25) is 0 Å². The van der Waals surface area contributed by atoms with E-state index in [9.17, 15) is 26.3 Å². The smallest absolute Gasteiger partial charge is 0.179 e. The van der Waals surface area contributed by atoms with Crippen molar-refractivity contribution in [2.24, 2.45) is 0 Å². The predicted octanol–water partition coefficient (Wildman–Crippen LogP) is 4.59. The highest BCUT2D eigenvalue weighted by Gasteiger charge is 2.37. The zero-order valence-electron chi connectivity index (χ0n) is 9.07. The molecule has 7 heteroatoms. The molecule has 1 aromatic carbocycles. The third-order valence-corrected chi connectivity index (χ3v) is 2.66. The lowest BCUT2D eigenvalue weighted by molar-refractivity contribution is -0.143. The van der Waals surface area contributed by atoms with Gasteiger partial charge in [-0.15, -0.1) is 0 Å². The summed E-state index contributed by atoms with van der Waals surface area (Å²) < 4.78 is 75.1. The van der Waals surface area contributed by atoms with Gasteiger partial charge in [0.1, 0.15) is 0 Å². The number of rotatable bonds is 3. The van der Waals surface area contributed by atoms with E-state index in [2.05, 4.69) is 12.6 Å². The van der Waals surface area contributed by atoms with Crippen LogP contribution in [0.4, 0.5) is 26.3 Å². The molecule has 0 radical (unpaired) electrons. The number of thiol groups is 1. The third-order valence-electron chi connectivity index (χ3n) is 2.35. The van der Waals surface area contributed by atoms with Gasteiger partial charge in [0.25, 0.3) is 0 Å². The van der Waals surface area contributed by atoms with Crippen molar-refractivity contribution in [3.63, 3.8) is 0 Å². The van der Waals surface area contributed by atoms with Crippen molar-refractivity contribution in [3.8, 4) is 0 Å². The highest BCUT2D eigenvalue weighted by molar-refractivity contribution is 7.80. The monoisotopic (exact) mass is 288 g/mol. The highest BCUT2D eigenvalue weighted by atomic mass is 32.1. The number of benzene rings is 1. The average molecular weight is 288 g/mol. The topological polar surface area (TPSA) is 0 Å². The second kappa shape index (κ2) is 5.42. The lowest BCUT2D eigenvalue weighted by atomic mass is 9.99. The fourth-order valence-corrected chi connectivity index (χ4v) is 1.66. The van der Waals surface area contributed by atoms with Crippen LogP contribution in [0.5, 0.6) is 0 Å². The SMILES string of the molecule is FC(F)(F)c1ccc(CCCS)c(C(F)(F)F)c1. The van der Waals surface area contributed by atoms with Crippen LogP contribution >= 0.6 is 12.6 Å². The fourth-order valence-electron chi connectivity index (χ4n) is 1.50. The molecule has 0 bridgehead atoms. The second-order valence-corrected chi connectivity index (χ2v) is 4.14. The predicted molar refractivity (Wildman–Crippen MR) is 58.6 cm³/mol. The summed E-state index contributed by atoms with van der Waals surface area (Å²) in [5.41, 5.74) is -2.65. The Morgan fingerprint density at radius 2 is 1.56 bits per heavy atom. The van der Waals surface area contributed by atoms with Crippen LogP contribution in [0.1, 0.15) is 23.1 Å². The first-order chi connectivity index (χ1) is 8.16. The standard InChI is InChI=1S/C11H10F6S/c12-10(13,14)8-4-3-7(2-1-5-18)9(6-8)11(15,16)17/h3-4,6,18H,1-2,5H2. The maximum Gasteiger partial charge on any atom is 0.416 e. The van der Waals surface area contributed by atoms with Gasteiger partial charge in [-0.1, -0.05) is 6.07 Å². The first kappa shape index (κ1) is 15.2. The van der Waals surface area contributed by atoms with Crippen LogP contribution < -0.4 is 0 Å². The van der Waals surface area contributed by atoms with Crippen molar-refractivity contribution >= 4 is 12.6 Å². The number of alkyl halides is 6. The van der Waals surface area contributed by atoms with Gasteiger partial charge in [-0.05, 0) is 36.3 Å². The summed E-state index contributed by atoms with van der Waals surface area (Å²) in [7, 11) is 0. The molecular weight excluding hydrogens is 278 g/mol. The maximum atomic E-state index is 12.7. The molecule has 1 rings (SSSR count). The van der Waals surface area contributed by atoms with Gasteiger partial charge in [-0.25, -0.2) is 0 Å². The molecule has 0 aliphatic carbocycles. The van der Waals surface area contributed by atoms with Gasteiger partial charge in [0.2, 0.25) is 0 Å². The molecule has 0 heterocycles. The normalized spacial score (nSPS) is 12.8. The van der Waals surface area contributed by atoms with Crippen molar-refractivity contribution in [1.29, 1.82) is 0 Å². The molecule has 0 atom stereocenters. The van der Waals surface area contributed by atoms with Crippen LogP contribution in [0.3, 0.4) is 0 Å². The molecule has 0 fully saturated rings. The van der Waals surface area contributed by atoms with Gasteiger partial charge in [0, 0.05) is 0 Å². The van der Waals surface area contributed by atoms with Crippen molar-refractivity contribution < 1.29 is 26.3 Å². The van der Waals surface area contributed by atoms with Gasteiger partial charge in [0.05, 0.1) is 11.1 Å². The van der Waals surface area contributed by atoms with Crippen molar-refractivity contribution in [2.45, 2.75) is 25.2 Å². The quantitative estimate of drug-likeness (QED) is 0.610. The van der Waals surface area contributed by atoms with Crippen LogP contribution in [-0.2, 0) is 18.8 Å². The molecule has 0 nitrogen and oxygen atoms in total. The highest BCUT2D eigenvalue weighted by Crippen LogP contribution is 2.37. The van der Waals surface area contributed by atoms with E-state index in [1.807, 2.05) is 0 Å². The van der Waals surface area contributed by atoms with E-state index in [1.165, 1.54) is 0 Å². The Hall–Kier alpha value is -0.850. The Bertz CT molecular complexity index is 407. The van der Waals surface area contributed by atoms with E-state index >= 15 is 0 Å². The van der Waals surface area contributed by atoms with E-state index in [0.29, 0.717) is 18.2 Å². The van der Waals surface area contributed by atoms with Crippen molar-refractivity contribution in [3.05, 3.63) is 34.9 Å². The Morgan fingerprint density at radius 1 is 0.944 bits per heavy atom. The summed E-state index contributed by atoms with van der Waals surface area (Å²) in [6, 6.07) is 1.71. The number of hydrogen-bond acceptors (Lipinski definition) is 1. The summed E-state index contributed by atoms with van der Waals surface area (Å²) in [4.78, 5) is 0. The van der Waals surface area contributed by atoms with Crippen LogP contribution in [0.25, 0.3) is 0 Å². The molecule has 102 valence electrons. The summed E-state index contributed by atoms with van der Waals surface area (Å²) in [6.07, 6.45) is -9.14. The number of aryl methyl sites for hydroxylation is 1. The van der Waals surface area contributed by atoms with Gasteiger partial charge >= 0.3 is 12.4 Å². The van der Waals surface area contributed by atoms with Gasteiger partial charge in [-0.2, -0.15) is 39.0 Å². The molecule has 0 unspecified atom stereocenters. The molecular formula is C11H10F6S. The largest absolute Gasteiger partial charge is 0.416 e. The molecule has 0 saturated carbocycles. The van der Waals surface area contributed by atoms with Crippen LogP contribution in [0.15, 0.2) is 18.2 Å². The molecule has 1 aromatic rings. The van der Waals surface area contributed by atoms with Crippen molar-refractivity contribution in [2.75, 3.05) is 5.75 Å². The first-order valence-electron chi connectivity index (χ1n) is 5.04. The van der Waals surface area contributed by atoms with E-state index < -0.39 is 23.5 Å². The molecule has 0 saturated heterocycles. The molecule has 0 N–H and O–H groups in total. The Morgan fingerprint density at radius 3 is 2.00 bits per heavy atom. The molecule has 18 heavy (non-hydrogen) atoms. The van der Waals surface area contributed by atoms with Gasteiger partial charge < -0.3 is 0 Å². The summed E-state index contributed by atoms with van der Waals surface area (Å²) in [6.45, 7) is 0. The van der Waals surface area contributed by atoms with Crippen molar-refractivity contribution in [1.82, 2.24) is 0 Å². The average Bonchev–Trinajstić information content (AvgIpc) is 2.23. The second-order valence-electron chi connectivity index (χ2n) is 3.69. The lowest BCUT2D eigenvalue weighted by Gasteiger charge is -2.15. The summed E-state index contributed by atoms with van der Waals surface area (Å²) in [5.74, 6) is 0.373. The van der Waals surface area contributed by atoms with E-state index in [1.54, 1.807) is 0 Å². The first-order valence-corrected chi connectivity index (χ1v) is 5.67. The lowest BCUT2D eigenvalue weighted by Crippen LogP contribution is -2.13. The maximum absolute atomic E-state index is 12.7. The van der Waals surface area contributed by atoms with Gasteiger partial charge in [0.15, 0.2) is 0 Å². The zero-order chi connectivity index (χ0) is 14.0. The van der Waals surface area contributed by atoms with Gasteiger partial charge in [-0.3, -0.25) is 0 Å². The minimum atomic E-state index is -4.78. The number of halogens is 6. The van der Waals surface area contributed by atoms with E-state index in [0.717, 1.165) is 6.07 Å². The Balaban J connectivity index is 3.21. The molecule has 0 aliphatic heterocycles. The van der Waals surface area contributed by atoms with Crippen LogP contribution in [-0.4, -0.2) is 5.75 Å². The molecule has 0 aliphatic rings. The fraction of sp³-hybridized carbons (Fsp3) is 0.455. The molecule has 0 amide bonds. The third kappa shape index (κ3) is 3.83. The minimum absolute atomic E-state index is 0.0521. The minimum Gasteiger partial charge on any atom is -0.179 e. The Labute approximate surface area is 105 Å². The number of hydrogen-bond donors (Lipinski definition) is 1. The van der Waals surface area contributed by atoms with E-state index in [-0.39, 0.29) is 18.1 Å². The van der Waals surface area contributed by atoms with Crippen LogP contribution in [0, 0.1) is 0 Å². The Kier molecular flexibility index (Phi) is 4.58. The molecule has 0 aromatic heterocycles. The van der Waals surface area contributed by atoms with E-state index in [4.69, 9.17) is 0 Å². The summed E-state index contributed by atoms with van der Waals surface area (Å²) >= 11 is 3.86.